The minimum absolute atomic E-state index is 0.0621. The monoisotopic (exact) mass is 338 g/mol. The minimum Gasteiger partial charge on any atom is -0.394 e. The maximum absolute atomic E-state index is 12.9. The average molecular weight is 338 g/mol. The Morgan fingerprint density at radius 2 is 1.79 bits per heavy atom. The van der Waals surface area contributed by atoms with Crippen LogP contribution in [0.3, 0.4) is 0 Å². The molecule has 2 rings (SSSR count). The number of hydrogen-bond donors (Lipinski definition) is 3. The van der Waals surface area contributed by atoms with Gasteiger partial charge in [-0.15, -0.1) is 0 Å². The third-order valence-electron chi connectivity index (χ3n) is 3.58. The van der Waals surface area contributed by atoms with E-state index in [1.807, 2.05) is 0 Å². The van der Waals surface area contributed by atoms with E-state index in [-0.39, 0.29) is 17.9 Å². The van der Waals surface area contributed by atoms with Crippen LogP contribution >= 0.6 is 0 Å². The second kappa shape index (κ2) is 7.35. The van der Waals surface area contributed by atoms with E-state index in [9.17, 15) is 23.1 Å². The second-order valence-electron chi connectivity index (χ2n) is 5.22. The van der Waals surface area contributed by atoms with Crippen molar-refractivity contribution in [2.75, 3.05) is 11.9 Å². The predicted octanol–water partition coefficient (Wildman–Crippen LogP) is 3.87. The van der Waals surface area contributed by atoms with Crippen LogP contribution in [0.5, 0.6) is 0 Å². The van der Waals surface area contributed by atoms with Crippen LogP contribution in [0.1, 0.15) is 22.7 Å². The average Bonchev–Trinajstić information content (AvgIpc) is 2.54. The standard InChI is InChI=1S/C17H17F3N2O2/c1-11-13(17(18,19)20)8-5-9-14(11)21-16(24)22-15(10-23)12-6-3-2-4-7-12/h2-9,15,23H,10H2,1H3,(H2,21,22,24)/t15-/m1/s1. The SMILES string of the molecule is Cc1c(NC(=O)N[C@H](CO)c2ccccc2)cccc1C(F)(F)F. The first-order valence-corrected chi connectivity index (χ1v) is 7.23. The van der Waals surface area contributed by atoms with Crippen molar-refractivity contribution in [2.45, 2.75) is 19.1 Å². The topological polar surface area (TPSA) is 61.4 Å². The number of halogens is 3. The number of aliphatic hydroxyl groups is 1. The van der Waals surface area contributed by atoms with Gasteiger partial charge in [0, 0.05) is 5.69 Å². The summed E-state index contributed by atoms with van der Waals surface area (Å²) in [6.45, 7) is 0.957. The number of aliphatic hydroxyl groups excluding tert-OH is 1. The van der Waals surface area contributed by atoms with Crippen LogP contribution in [0, 0.1) is 6.92 Å². The van der Waals surface area contributed by atoms with E-state index >= 15 is 0 Å². The Morgan fingerprint density at radius 1 is 1.12 bits per heavy atom. The Bertz CT molecular complexity index is 703. The lowest BCUT2D eigenvalue weighted by atomic mass is 10.1. The van der Waals surface area contributed by atoms with Gasteiger partial charge in [-0.3, -0.25) is 0 Å². The number of carbonyl (C=O) groups is 1. The van der Waals surface area contributed by atoms with Crippen molar-refractivity contribution in [1.29, 1.82) is 0 Å². The van der Waals surface area contributed by atoms with Gasteiger partial charge in [-0.1, -0.05) is 36.4 Å². The summed E-state index contributed by atoms with van der Waals surface area (Å²) in [5, 5.41) is 14.3. The zero-order chi connectivity index (χ0) is 17.7. The third kappa shape index (κ3) is 4.26. The first-order chi connectivity index (χ1) is 11.3. The molecule has 24 heavy (non-hydrogen) atoms. The normalized spacial score (nSPS) is 12.5. The van der Waals surface area contributed by atoms with Crippen molar-refractivity contribution in [3.63, 3.8) is 0 Å². The Kier molecular flexibility index (Phi) is 5.46. The molecule has 0 radical (unpaired) electrons. The zero-order valence-corrected chi connectivity index (χ0v) is 12.9. The summed E-state index contributed by atoms with van der Waals surface area (Å²) >= 11 is 0. The minimum atomic E-state index is -4.49. The molecule has 1 atom stereocenters. The number of nitrogens with one attached hydrogen (secondary N) is 2. The van der Waals surface area contributed by atoms with Crippen molar-refractivity contribution >= 4 is 11.7 Å². The first-order valence-electron chi connectivity index (χ1n) is 7.23. The van der Waals surface area contributed by atoms with Crippen LogP contribution in [-0.2, 0) is 6.18 Å². The quantitative estimate of drug-likeness (QED) is 0.792. The number of carbonyl (C=O) groups excluding carboxylic acids is 1. The first kappa shape index (κ1) is 17.8. The van der Waals surface area contributed by atoms with E-state index in [0.29, 0.717) is 5.56 Å². The second-order valence-corrected chi connectivity index (χ2v) is 5.22. The van der Waals surface area contributed by atoms with E-state index in [2.05, 4.69) is 10.6 Å². The van der Waals surface area contributed by atoms with Crippen molar-refractivity contribution < 1.29 is 23.1 Å². The highest BCUT2D eigenvalue weighted by molar-refractivity contribution is 5.90. The lowest BCUT2D eigenvalue weighted by Crippen LogP contribution is -2.34. The summed E-state index contributed by atoms with van der Waals surface area (Å²) in [5.74, 6) is 0. The number of alkyl halides is 3. The van der Waals surface area contributed by atoms with Crippen molar-refractivity contribution in [3.8, 4) is 0 Å². The largest absolute Gasteiger partial charge is 0.416 e. The van der Waals surface area contributed by atoms with Crippen molar-refractivity contribution in [1.82, 2.24) is 5.32 Å². The maximum atomic E-state index is 12.9. The highest BCUT2D eigenvalue weighted by Crippen LogP contribution is 2.34. The van der Waals surface area contributed by atoms with E-state index in [1.165, 1.54) is 19.1 Å². The lowest BCUT2D eigenvalue weighted by molar-refractivity contribution is -0.138. The molecule has 0 fully saturated rings. The van der Waals surface area contributed by atoms with Gasteiger partial charge in [0.1, 0.15) is 0 Å². The summed E-state index contributed by atoms with van der Waals surface area (Å²) in [4.78, 5) is 12.1. The molecule has 2 amide bonds. The molecule has 3 N–H and O–H groups in total. The molecule has 0 saturated carbocycles. The smallest absolute Gasteiger partial charge is 0.394 e. The van der Waals surface area contributed by atoms with Gasteiger partial charge in [0.2, 0.25) is 0 Å². The van der Waals surface area contributed by atoms with Crippen LogP contribution in [0.15, 0.2) is 48.5 Å². The van der Waals surface area contributed by atoms with Crippen LogP contribution in [0.25, 0.3) is 0 Å². The number of anilines is 1. The number of benzene rings is 2. The molecular formula is C17H17F3N2O2. The van der Waals surface area contributed by atoms with Crippen molar-refractivity contribution in [3.05, 3.63) is 65.2 Å². The van der Waals surface area contributed by atoms with E-state index in [0.717, 1.165) is 6.07 Å². The van der Waals surface area contributed by atoms with Gasteiger partial charge in [0.25, 0.3) is 0 Å². The number of rotatable bonds is 4. The molecule has 0 aliphatic rings. The fourth-order valence-electron chi connectivity index (χ4n) is 2.31. The van der Waals surface area contributed by atoms with Crippen LogP contribution in [0.2, 0.25) is 0 Å². The van der Waals surface area contributed by atoms with E-state index in [4.69, 9.17) is 0 Å². The molecule has 0 bridgehead atoms. The Hall–Kier alpha value is -2.54. The van der Waals surface area contributed by atoms with E-state index in [1.54, 1.807) is 30.3 Å². The van der Waals surface area contributed by atoms with Gasteiger partial charge < -0.3 is 15.7 Å². The summed E-state index contributed by atoms with van der Waals surface area (Å²) in [7, 11) is 0. The van der Waals surface area contributed by atoms with Crippen molar-refractivity contribution in [2.24, 2.45) is 0 Å². The van der Waals surface area contributed by atoms with Gasteiger partial charge in [-0.25, -0.2) is 4.79 Å². The van der Waals surface area contributed by atoms with Gasteiger partial charge in [0.05, 0.1) is 18.2 Å². The number of hydrogen-bond acceptors (Lipinski definition) is 2. The zero-order valence-electron chi connectivity index (χ0n) is 12.9. The molecule has 2 aromatic carbocycles. The molecule has 2 aromatic rings. The molecule has 4 nitrogen and oxygen atoms in total. The molecule has 0 spiro atoms. The Balaban J connectivity index is 2.13. The maximum Gasteiger partial charge on any atom is 0.416 e. The van der Waals surface area contributed by atoms with Crippen LogP contribution < -0.4 is 10.6 Å². The van der Waals surface area contributed by atoms with Gasteiger partial charge in [-0.05, 0) is 30.2 Å². The molecule has 0 aliphatic carbocycles. The van der Waals surface area contributed by atoms with Crippen LogP contribution in [-0.4, -0.2) is 17.7 Å². The highest BCUT2D eigenvalue weighted by Gasteiger charge is 2.33. The molecule has 0 aromatic heterocycles. The molecule has 128 valence electrons. The molecule has 0 aliphatic heterocycles. The Labute approximate surface area is 137 Å². The highest BCUT2D eigenvalue weighted by atomic mass is 19.4. The summed E-state index contributed by atoms with van der Waals surface area (Å²) in [6.07, 6.45) is -4.49. The number of urea groups is 1. The van der Waals surface area contributed by atoms with Crippen LogP contribution in [0.4, 0.5) is 23.7 Å². The molecule has 0 heterocycles. The van der Waals surface area contributed by atoms with Gasteiger partial charge in [0.15, 0.2) is 0 Å². The molecule has 7 heteroatoms. The van der Waals surface area contributed by atoms with Gasteiger partial charge in [-0.2, -0.15) is 13.2 Å². The summed E-state index contributed by atoms with van der Waals surface area (Å²) in [6, 6.07) is 11.0. The summed E-state index contributed by atoms with van der Waals surface area (Å²) in [5.41, 5.74) is -0.120. The van der Waals surface area contributed by atoms with E-state index < -0.39 is 23.8 Å². The predicted molar refractivity (Wildman–Crippen MR) is 84.6 cm³/mol. The number of amides is 2. The molecule has 0 unspecified atom stereocenters. The lowest BCUT2D eigenvalue weighted by Gasteiger charge is -2.19. The Morgan fingerprint density at radius 3 is 2.38 bits per heavy atom. The fourth-order valence-corrected chi connectivity index (χ4v) is 2.31. The molecular weight excluding hydrogens is 321 g/mol. The van der Waals surface area contributed by atoms with Gasteiger partial charge >= 0.3 is 12.2 Å². The summed E-state index contributed by atoms with van der Waals surface area (Å²) < 4.78 is 38.7. The third-order valence-corrected chi connectivity index (χ3v) is 3.58. The molecule has 0 saturated heterocycles. The fraction of sp³-hybridized carbons (Fsp3) is 0.235.